The van der Waals surface area contributed by atoms with Crippen LogP contribution in [-0.4, -0.2) is 35.0 Å². The van der Waals surface area contributed by atoms with Crippen molar-refractivity contribution in [3.05, 3.63) is 28.8 Å². The molecule has 0 bridgehead atoms. The van der Waals surface area contributed by atoms with Crippen LogP contribution in [0.3, 0.4) is 0 Å². The molecule has 0 unspecified atom stereocenters. The van der Waals surface area contributed by atoms with Crippen molar-refractivity contribution < 1.29 is 9.90 Å². The summed E-state index contributed by atoms with van der Waals surface area (Å²) < 4.78 is 0. The molecule has 1 aliphatic heterocycles. The SMILES string of the molecule is N[C@H]1CN(C(=O)c2ccc(Cl)cc2O)C[C@@H]1C1CC1. The fourth-order valence-corrected chi connectivity index (χ4v) is 3.07. The minimum absolute atomic E-state index is 0.0610. The van der Waals surface area contributed by atoms with Gasteiger partial charge in [-0.15, -0.1) is 0 Å². The molecule has 3 N–H and O–H groups in total. The van der Waals surface area contributed by atoms with Gasteiger partial charge in [-0.1, -0.05) is 11.6 Å². The third kappa shape index (κ3) is 2.42. The van der Waals surface area contributed by atoms with Gasteiger partial charge in [0.05, 0.1) is 5.56 Å². The third-order valence-corrected chi connectivity index (χ3v) is 4.35. The molecule has 19 heavy (non-hydrogen) atoms. The van der Waals surface area contributed by atoms with Gasteiger partial charge in [0.2, 0.25) is 0 Å². The van der Waals surface area contributed by atoms with Crippen LogP contribution in [0.25, 0.3) is 0 Å². The highest BCUT2D eigenvalue weighted by molar-refractivity contribution is 6.30. The summed E-state index contributed by atoms with van der Waals surface area (Å²) in [6.45, 7) is 1.27. The van der Waals surface area contributed by atoms with E-state index in [-0.39, 0.29) is 17.7 Å². The van der Waals surface area contributed by atoms with E-state index in [0.717, 1.165) is 0 Å². The number of carbonyl (C=O) groups is 1. The number of hydrogen-bond acceptors (Lipinski definition) is 3. The summed E-state index contributed by atoms with van der Waals surface area (Å²) in [6, 6.07) is 4.63. The number of aromatic hydroxyl groups is 1. The van der Waals surface area contributed by atoms with Crippen LogP contribution >= 0.6 is 11.6 Å². The van der Waals surface area contributed by atoms with Gasteiger partial charge in [-0.3, -0.25) is 4.79 Å². The van der Waals surface area contributed by atoms with E-state index in [1.54, 1.807) is 17.0 Å². The lowest BCUT2D eigenvalue weighted by molar-refractivity contribution is 0.0782. The van der Waals surface area contributed by atoms with Crippen molar-refractivity contribution >= 4 is 17.5 Å². The molecule has 1 aromatic rings. The van der Waals surface area contributed by atoms with Crippen molar-refractivity contribution in [3.63, 3.8) is 0 Å². The highest BCUT2D eigenvalue weighted by Gasteiger charge is 2.42. The summed E-state index contributed by atoms with van der Waals surface area (Å²) in [5, 5.41) is 10.2. The summed E-state index contributed by atoms with van der Waals surface area (Å²) in [6.07, 6.45) is 2.46. The van der Waals surface area contributed by atoms with E-state index in [0.29, 0.717) is 35.5 Å². The van der Waals surface area contributed by atoms with Crippen molar-refractivity contribution in [2.75, 3.05) is 13.1 Å². The van der Waals surface area contributed by atoms with Crippen LogP contribution < -0.4 is 5.73 Å². The molecule has 5 heteroatoms. The Labute approximate surface area is 117 Å². The quantitative estimate of drug-likeness (QED) is 0.869. The Morgan fingerprint density at radius 2 is 2.11 bits per heavy atom. The zero-order chi connectivity index (χ0) is 13.6. The van der Waals surface area contributed by atoms with E-state index in [4.69, 9.17) is 17.3 Å². The van der Waals surface area contributed by atoms with E-state index >= 15 is 0 Å². The fourth-order valence-electron chi connectivity index (χ4n) is 2.90. The average molecular weight is 281 g/mol. The Kier molecular flexibility index (Phi) is 3.15. The first-order valence-corrected chi connectivity index (χ1v) is 6.97. The lowest BCUT2D eigenvalue weighted by Gasteiger charge is -2.17. The number of hydrogen-bond donors (Lipinski definition) is 2. The van der Waals surface area contributed by atoms with Crippen molar-refractivity contribution in [2.45, 2.75) is 18.9 Å². The zero-order valence-electron chi connectivity index (χ0n) is 10.6. The second-order valence-electron chi connectivity index (χ2n) is 5.54. The smallest absolute Gasteiger partial charge is 0.257 e. The Hall–Kier alpha value is -1.26. The Balaban J connectivity index is 1.77. The van der Waals surface area contributed by atoms with Crippen LogP contribution in [0.2, 0.25) is 5.02 Å². The monoisotopic (exact) mass is 280 g/mol. The number of benzene rings is 1. The first kappa shape index (κ1) is 12.8. The minimum atomic E-state index is -0.159. The predicted octanol–water partition coefficient (Wildman–Crippen LogP) is 1.85. The standard InChI is InChI=1S/C14H17ClN2O2/c15-9-3-4-10(13(18)5-9)14(19)17-6-11(8-1-2-8)12(16)7-17/h3-5,8,11-12,18H,1-2,6-7,16H2/t11-,12+/m1/s1. The number of phenolic OH excluding ortho intramolecular Hbond substituents is 1. The Bertz CT molecular complexity index is 516. The number of amides is 1. The molecule has 1 aliphatic carbocycles. The number of phenols is 1. The molecule has 102 valence electrons. The largest absolute Gasteiger partial charge is 0.507 e. The van der Waals surface area contributed by atoms with Crippen LogP contribution in [0.4, 0.5) is 0 Å². The lowest BCUT2D eigenvalue weighted by Crippen LogP contribution is -2.32. The molecule has 1 aromatic carbocycles. The second-order valence-corrected chi connectivity index (χ2v) is 5.97. The van der Waals surface area contributed by atoms with E-state index < -0.39 is 0 Å². The van der Waals surface area contributed by atoms with Crippen LogP contribution in [-0.2, 0) is 0 Å². The highest BCUT2D eigenvalue weighted by Crippen LogP contribution is 2.41. The summed E-state index contributed by atoms with van der Waals surface area (Å²) in [5.41, 5.74) is 6.41. The van der Waals surface area contributed by atoms with Crippen molar-refractivity contribution in [1.29, 1.82) is 0 Å². The summed E-state index contributed by atoms with van der Waals surface area (Å²) in [4.78, 5) is 14.1. The van der Waals surface area contributed by atoms with Crippen molar-refractivity contribution in [1.82, 2.24) is 4.90 Å². The van der Waals surface area contributed by atoms with Crippen LogP contribution in [0.5, 0.6) is 5.75 Å². The molecule has 4 nitrogen and oxygen atoms in total. The van der Waals surface area contributed by atoms with E-state index in [9.17, 15) is 9.90 Å². The number of carbonyl (C=O) groups excluding carboxylic acids is 1. The van der Waals surface area contributed by atoms with E-state index in [2.05, 4.69) is 0 Å². The molecule has 1 saturated heterocycles. The number of halogens is 1. The van der Waals surface area contributed by atoms with Crippen LogP contribution in [0, 0.1) is 11.8 Å². The van der Waals surface area contributed by atoms with Crippen LogP contribution in [0.15, 0.2) is 18.2 Å². The number of nitrogens with two attached hydrogens (primary N) is 1. The summed E-state index contributed by atoms with van der Waals surface area (Å²) >= 11 is 5.77. The summed E-state index contributed by atoms with van der Waals surface area (Å²) in [7, 11) is 0. The molecule has 0 spiro atoms. The molecule has 1 saturated carbocycles. The van der Waals surface area contributed by atoms with Gasteiger partial charge in [0.1, 0.15) is 5.75 Å². The molecule has 3 rings (SSSR count). The van der Waals surface area contributed by atoms with Gasteiger partial charge < -0.3 is 15.7 Å². The summed E-state index contributed by atoms with van der Waals surface area (Å²) in [5.74, 6) is 0.874. The van der Waals surface area contributed by atoms with Crippen LogP contribution in [0.1, 0.15) is 23.2 Å². The molecular formula is C14H17ClN2O2. The minimum Gasteiger partial charge on any atom is -0.507 e. The van der Waals surface area contributed by atoms with E-state index in [1.807, 2.05) is 0 Å². The Morgan fingerprint density at radius 1 is 1.37 bits per heavy atom. The number of rotatable bonds is 2. The van der Waals surface area contributed by atoms with Gasteiger partial charge >= 0.3 is 0 Å². The first-order valence-electron chi connectivity index (χ1n) is 6.59. The zero-order valence-corrected chi connectivity index (χ0v) is 11.3. The van der Waals surface area contributed by atoms with Gasteiger partial charge in [0.25, 0.3) is 5.91 Å². The van der Waals surface area contributed by atoms with Gasteiger partial charge in [-0.25, -0.2) is 0 Å². The predicted molar refractivity (Wildman–Crippen MR) is 73.2 cm³/mol. The fraction of sp³-hybridized carbons (Fsp3) is 0.500. The number of nitrogens with zero attached hydrogens (tertiary/aromatic N) is 1. The van der Waals surface area contributed by atoms with Crippen molar-refractivity contribution in [2.24, 2.45) is 17.6 Å². The van der Waals surface area contributed by atoms with Gasteiger partial charge in [-0.2, -0.15) is 0 Å². The molecule has 0 aromatic heterocycles. The van der Waals surface area contributed by atoms with Crippen molar-refractivity contribution in [3.8, 4) is 5.75 Å². The topological polar surface area (TPSA) is 66.6 Å². The van der Waals surface area contributed by atoms with Gasteiger partial charge in [-0.05, 0) is 42.9 Å². The first-order chi connectivity index (χ1) is 9.06. The maximum Gasteiger partial charge on any atom is 0.257 e. The average Bonchev–Trinajstić information content (AvgIpc) is 3.12. The Morgan fingerprint density at radius 3 is 2.74 bits per heavy atom. The molecule has 1 amide bonds. The second kappa shape index (κ2) is 4.69. The molecule has 0 radical (unpaired) electrons. The lowest BCUT2D eigenvalue weighted by atomic mass is 9.99. The molecule has 1 heterocycles. The molecular weight excluding hydrogens is 264 g/mol. The third-order valence-electron chi connectivity index (χ3n) is 4.12. The molecule has 2 aliphatic rings. The maximum atomic E-state index is 12.4. The molecule has 2 atom stereocenters. The van der Waals surface area contributed by atoms with E-state index in [1.165, 1.54) is 18.9 Å². The number of likely N-dealkylation sites (tertiary alicyclic amines) is 1. The normalized spacial score (nSPS) is 26.7. The van der Waals surface area contributed by atoms with Gasteiger partial charge in [0, 0.05) is 24.2 Å². The molecule has 2 fully saturated rings. The maximum absolute atomic E-state index is 12.4. The highest BCUT2D eigenvalue weighted by atomic mass is 35.5. The van der Waals surface area contributed by atoms with Gasteiger partial charge in [0.15, 0.2) is 0 Å².